The molecule has 15 heavy (non-hydrogen) atoms. The number of aliphatic carboxylic acids is 1. The van der Waals surface area contributed by atoms with Crippen molar-refractivity contribution in [3.8, 4) is 0 Å². The van der Waals surface area contributed by atoms with E-state index in [4.69, 9.17) is 10.8 Å². The van der Waals surface area contributed by atoms with Crippen molar-refractivity contribution in [2.24, 2.45) is 0 Å². The Balaban J connectivity index is 3.26. The maximum Gasteiger partial charge on any atom is 0.309 e. The highest BCUT2D eigenvalue weighted by molar-refractivity contribution is 14.1. The summed E-state index contributed by atoms with van der Waals surface area (Å²) in [5.41, 5.74) is 4.82. The molecule has 1 heterocycles. The zero-order valence-electron chi connectivity index (χ0n) is 7.38. The zero-order valence-corrected chi connectivity index (χ0v) is 9.53. The molecule has 0 spiro atoms. The zero-order chi connectivity index (χ0) is 11.6. The third-order valence-electron chi connectivity index (χ3n) is 1.64. The second-order valence-electron chi connectivity index (χ2n) is 2.76. The number of halogens is 3. The Bertz CT molecular complexity index is 398. The van der Waals surface area contributed by atoms with Gasteiger partial charge in [0.25, 0.3) is 6.43 Å². The molecule has 0 bridgehead atoms. The third kappa shape index (κ3) is 2.98. The van der Waals surface area contributed by atoms with Crippen molar-refractivity contribution in [3.63, 3.8) is 0 Å². The molecular weight excluding hydrogens is 321 g/mol. The molecule has 0 radical (unpaired) electrons. The Labute approximate surface area is 97.6 Å². The first kappa shape index (κ1) is 12.1. The number of pyridine rings is 1. The smallest absolute Gasteiger partial charge is 0.309 e. The predicted molar refractivity (Wildman–Crippen MR) is 57.7 cm³/mol. The lowest BCUT2D eigenvalue weighted by Gasteiger charge is -2.09. The van der Waals surface area contributed by atoms with Crippen LogP contribution in [0.15, 0.2) is 6.07 Å². The summed E-state index contributed by atoms with van der Waals surface area (Å²) >= 11 is 1.68. The number of carboxylic acids is 1. The first-order valence-electron chi connectivity index (χ1n) is 3.86. The van der Waals surface area contributed by atoms with E-state index < -0.39 is 18.8 Å². The van der Waals surface area contributed by atoms with Crippen molar-refractivity contribution in [2.75, 3.05) is 5.73 Å². The lowest BCUT2D eigenvalue weighted by Crippen LogP contribution is -2.10. The number of alkyl halides is 2. The van der Waals surface area contributed by atoms with Crippen LogP contribution >= 0.6 is 22.6 Å². The Morgan fingerprint density at radius 2 is 2.27 bits per heavy atom. The molecule has 3 N–H and O–H groups in total. The molecule has 0 atom stereocenters. The van der Waals surface area contributed by atoms with Gasteiger partial charge in [0.15, 0.2) is 0 Å². The maximum absolute atomic E-state index is 12.6. The van der Waals surface area contributed by atoms with Gasteiger partial charge in [0.2, 0.25) is 0 Å². The van der Waals surface area contributed by atoms with E-state index in [0.717, 1.165) is 0 Å². The van der Waals surface area contributed by atoms with Gasteiger partial charge in [-0.3, -0.25) is 4.79 Å². The molecule has 0 aromatic carbocycles. The van der Waals surface area contributed by atoms with E-state index in [1.807, 2.05) is 0 Å². The van der Waals surface area contributed by atoms with Gasteiger partial charge in [-0.05, 0) is 28.7 Å². The number of hydrogen-bond donors (Lipinski definition) is 2. The average Bonchev–Trinajstić information content (AvgIpc) is 1.99. The standard InChI is InChI=1S/C8H7F2IN2O2/c9-8(10)7-3(11)1-5(12)13-4(7)2-6(14)15/h1,8H,2H2,(H2,12,13)(H,14,15). The number of nitrogen functional groups attached to an aromatic ring is 1. The molecule has 0 saturated heterocycles. The summed E-state index contributed by atoms with van der Waals surface area (Å²) in [7, 11) is 0. The lowest BCUT2D eigenvalue weighted by molar-refractivity contribution is -0.136. The molecule has 0 amide bonds. The molecular formula is C8H7F2IN2O2. The fourth-order valence-corrected chi connectivity index (χ4v) is 1.97. The van der Waals surface area contributed by atoms with Crippen molar-refractivity contribution in [2.45, 2.75) is 12.8 Å². The second kappa shape index (κ2) is 4.69. The normalized spacial score (nSPS) is 10.7. The number of aromatic nitrogens is 1. The van der Waals surface area contributed by atoms with Crippen molar-refractivity contribution in [3.05, 3.63) is 20.9 Å². The molecule has 0 unspecified atom stereocenters. The van der Waals surface area contributed by atoms with Crippen LogP contribution < -0.4 is 5.73 Å². The molecule has 0 saturated carbocycles. The number of hydrogen-bond acceptors (Lipinski definition) is 3. The van der Waals surface area contributed by atoms with Gasteiger partial charge in [-0.1, -0.05) is 0 Å². The van der Waals surface area contributed by atoms with E-state index >= 15 is 0 Å². The van der Waals surface area contributed by atoms with Crippen LogP contribution in [-0.2, 0) is 11.2 Å². The van der Waals surface area contributed by atoms with Gasteiger partial charge >= 0.3 is 5.97 Å². The van der Waals surface area contributed by atoms with Gasteiger partial charge in [0.05, 0.1) is 17.7 Å². The minimum absolute atomic E-state index is 0.0417. The minimum Gasteiger partial charge on any atom is -0.481 e. The van der Waals surface area contributed by atoms with Crippen LogP contribution in [0.4, 0.5) is 14.6 Å². The van der Waals surface area contributed by atoms with Crippen LogP contribution in [0.25, 0.3) is 0 Å². The number of rotatable bonds is 3. The summed E-state index contributed by atoms with van der Waals surface area (Å²) in [5.74, 6) is -1.18. The average molecular weight is 328 g/mol. The SMILES string of the molecule is Nc1cc(I)c(C(F)F)c(CC(=O)O)n1. The minimum atomic E-state index is -2.75. The van der Waals surface area contributed by atoms with Crippen LogP contribution in [0, 0.1) is 3.57 Å². The summed E-state index contributed by atoms with van der Waals surface area (Å²) in [4.78, 5) is 14.0. The quantitative estimate of drug-likeness (QED) is 0.830. The van der Waals surface area contributed by atoms with Gasteiger partial charge in [0.1, 0.15) is 5.82 Å². The van der Waals surface area contributed by atoms with Gasteiger partial charge in [-0.15, -0.1) is 0 Å². The second-order valence-corrected chi connectivity index (χ2v) is 3.92. The summed E-state index contributed by atoms with van der Waals surface area (Å²) < 4.78 is 25.4. The highest BCUT2D eigenvalue weighted by Crippen LogP contribution is 2.28. The van der Waals surface area contributed by atoms with Gasteiger partial charge in [-0.25, -0.2) is 13.8 Å². The van der Waals surface area contributed by atoms with Crippen molar-refractivity contribution in [1.82, 2.24) is 4.98 Å². The largest absolute Gasteiger partial charge is 0.481 e. The molecule has 7 heteroatoms. The Hall–Kier alpha value is -0.990. The van der Waals surface area contributed by atoms with E-state index in [-0.39, 0.29) is 20.6 Å². The maximum atomic E-state index is 12.6. The lowest BCUT2D eigenvalue weighted by atomic mass is 10.1. The van der Waals surface area contributed by atoms with Gasteiger partial charge in [0, 0.05) is 3.57 Å². The fourth-order valence-electron chi connectivity index (χ4n) is 1.10. The Morgan fingerprint density at radius 1 is 1.67 bits per heavy atom. The Morgan fingerprint density at radius 3 is 2.73 bits per heavy atom. The molecule has 1 aromatic rings. The molecule has 4 nitrogen and oxygen atoms in total. The summed E-state index contributed by atoms with van der Waals surface area (Å²) in [6.45, 7) is 0. The van der Waals surface area contributed by atoms with Crippen LogP contribution in [0.2, 0.25) is 0 Å². The van der Waals surface area contributed by atoms with E-state index in [2.05, 4.69) is 4.98 Å². The van der Waals surface area contributed by atoms with Crippen LogP contribution in [0.5, 0.6) is 0 Å². The fraction of sp³-hybridized carbons (Fsp3) is 0.250. The highest BCUT2D eigenvalue weighted by atomic mass is 127. The first-order valence-corrected chi connectivity index (χ1v) is 4.94. The summed E-state index contributed by atoms with van der Waals surface area (Å²) in [5, 5.41) is 8.53. The van der Waals surface area contributed by atoms with Crippen LogP contribution in [-0.4, -0.2) is 16.1 Å². The van der Waals surface area contributed by atoms with Crippen molar-refractivity contribution < 1.29 is 18.7 Å². The van der Waals surface area contributed by atoms with E-state index in [1.165, 1.54) is 6.07 Å². The van der Waals surface area contributed by atoms with Gasteiger partial charge < -0.3 is 10.8 Å². The molecule has 0 fully saturated rings. The topological polar surface area (TPSA) is 76.2 Å². The Kier molecular flexibility index (Phi) is 3.77. The number of carboxylic acid groups (broad SMARTS) is 1. The molecule has 1 rings (SSSR count). The van der Waals surface area contributed by atoms with Gasteiger partial charge in [-0.2, -0.15) is 0 Å². The van der Waals surface area contributed by atoms with Crippen LogP contribution in [0.1, 0.15) is 17.7 Å². The predicted octanol–water partition coefficient (Wildman–Crippen LogP) is 1.83. The number of nitrogens with zero attached hydrogens (tertiary/aromatic N) is 1. The molecule has 82 valence electrons. The van der Waals surface area contributed by atoms with E-state index in [9.17, 15) is 13.6 Å². The van der Waals surface area contributed by atoms with E-state index in [0.29, 0.717) is 0 Å². The number of nitrogens with two attached hydrogens (primary N) is 1. The summed E-state index contributed by atoms with van der Waals surface area (Å²) in [6.07, 6.45) is -3.31. The molecule has 0 aliphatic carbocycles. The van der Waals surface area contributed by atoms with Crippen molar-refractivity contribution in [1.29, 1.82) is 0 Å². The molecule has 0 aliphatic rings. The first-order chi connectivity index (χ1) is 6.91. The number of anilines is 1. The summed E-state index contributed by atoms with van der Waals surface area (Å²) in [6, 6.07) is 1.29. The third-order valence-corrected chi connectivity index (χ3v) is 2.54. The number of carbonyl (C=O) groups is 1. The van der Waals surface area contributed by atoms with Crippen LogP contribution in [0.3, 0.4) is 0 Å². The molecule has 0 aliphatic heterocycles. The van der Waals surface area contributed by atoms with Crippen molar-refractivity contribution >= 4 is 34.4 Å². The molecule has 1 aromatic heterocycles. The monoisotopic (exact) mass is 328 g/mol. The van der Waals surface area contributed by atoms with E-state index in [1.54, 1.807) is 22.6 Å². The highest BCUT2D eigenvalue weighted by Gasteiger charge is 2.20.